The Balaban J connectivity index is 2.06. The highest BCUT2D eigenvalue weighted by Gasteiger charge is 2.22. The summed E-state index contributed by atoms with van der Waals surface area (Å²) in [6, 6.07) is 5.07. The first-order chi connectivity index (χ1) is 9.56. The van der Waals surface area contributed by atoms with Crippen molar-refractivity contribution in [3.05, 3.63) is 40.9 Å². The predicted molar refractivity (Wildman–Crippen MR) is 70.6 cm³/mol. The first-order valence-electron chi connectivity index (χ1n) is 5.65. The minimum atomic E-state index is -1.14. The summed E-state index contributed by atoms with van der Waals surface area (Å²) in [6.45, 7) is 0. The average molecular weight is 293 g/mol. The van der Waals surface area contributed by atoms with E-state index in [1.807, 2.05) is 0 Å². The molecule has 0 radical (unpaired) electrons. The van der Waals surface area contributed by atoms with E-state index in [1.165, 1.54) is 18.3 Å². The zero-order valence-electron chi connectivity index (χ0n) is 10.2. The van der Waals surface area contributed by atoms with E-state index < -0.39 is 17.9 Å². The molecule has 0 bridgehead atoms. The van der Waals surface area contributed by atoms with Gasteiger partial charge in [0.1, 0.15) is 16.7 Å². The second kappa shape index (κ2) is 6.11. The third kappa shape index (κ3) is 3.51. The number of carboxylic acids is 1. The van der Waals surface area contributed by atoms with Crippen molar-refractivity contribution in [2.75, 3.05) is 0 Å². The van der Waals surface area contributed by atoms with Crippen molar-refractivity contribution in [2.45, 2.75) is 12.5 Å². The molecule has 0 unspecified atom stereocenters. The molecule has 0 fully saturated rings. The van der Waals surface area contributed by atoms with Gasteiger partial charge in [0.05, 0.1) is 6.20 Å². The van der Waals surface area contributed by atoms with Gasteiger partial charge in [0, 0.05) is 6.42 Å². The molecular weight excluding hydrogens is 282 g/mol. The molecule has 2 aromatic rings. The number of nitrogens with zero attached hydrogens (tertiary/aromatic N) is 2. The van der Waals surface area contributed by atoms with Gasteiger partial charge in [-0.1, -0.05) is 16.6 Å². The Morgan fingerprint density at radius 1 is 1.30 bits per heavy atom. The summed E-state index contributed by atoms with van der Waals surface area (Å²) in [5.74, 6) is -1.56. The van der Waals surface area contributed by atoms with E-state index in [4.69, 9.17) is 5.11 Å². The van der Waals surface area contributed by atoms with Crippen molar-refractivity contribution >= 4 is 23.4 Å². The fourth-order valence-electron chi connectivity index (χ4n) is 1.56. The van der Waals surface area contributed by atoms with Gasteiger partial charge in [-0.3, -0.25) is 4.79 Å². The largest absolute Gasteiger partial charge is 0.508 e. The van der Waals surface area contributed by atoms with Crippen molar-refractivity contribution in [1.82, 2.24) is 14.9 Å². The Morgan fingerprint density at radius 2 is 2.00 bits per heavy atom. The number of nitrogens with one attached hydrogen (secondary N) is 1. The van der Waals surface area contributed by atoms with Gasteiger partial charge in [-0.15, -0.1) is 5.10 Å². The van der Waals surface area contributed by atoms with Gasteiger partial charge in [-0.25, -0.2) is 4.79 Å². The van der Waals surface area contributed by atoms with Gasteiger partial charge >= 0.3 is 5.97 Å². The van der Waals surface area contributed by atoms with Gasteiger partial charge in [0.2, 0.25) is 0 Å². The molecule has 1 heterocycles. The summed E-state index contributed by atoms with van der Waals surface area (Å²) in [7, 11) is 0. The molecule has 0 aliphatic carbocycles. The van der Waals surface area contributed by atoms with Crippen LogP contribution in [-0.4, -0.2) is 37.7 Å². The maximum atomic E-state index is 11.8. The topological polar surface area (TPSA) is 112 Å². The minimum Gasteiger partial charge on any atom is -0.508 e. The minimum absolute atomic E-state index is 0.0976. The Labute approximate surface area is 118 Å². The zero-order chi connectivity index (χ0) is 14.5. The van der Waals surface area contributed by atoms with Gasteiger partial charge in [-0.05, 0) is 29.2 Å². The molecule has 0 saturated carbocycles. The second-order valence-corrected chi connectivity index (χ2v) is 4.80. The molecule has 7 nitrogen and oxygen atoms in total. The molecular formula is C12H11N3O4S. The van der Waals surface area contributed by atoms with Crippen molar-refractivity contribution in [2.24, 2.45) is 0 Å². The highest BCUT2D eigenvalue weighted by Crippen LogP contribution is 2.12. The number of amides is 1. The van der Waals surface area contributed by atoms with E-state index in [0.29, 0.717) is 5.56 Å². The smallest absolute Gasteiger partial charge is 0.326 e. The van der Waals surface area contributed by atoms with Crippen LogP contribution in [0.25, 0.3) is 0 Å². The van der Waals surface area contributed by atoms with Gasteiger partial charge in [0.15, 0.2) is 0 Å². The van der Waals surface area contributed by atoms with Crippen molar-refractivity contribution < 1.29 is 19.8 Å². The summed E-state index contributed by atoms with van der Waals surface area (Å²) in [6.07, 6.45) is 1.40. The molecule has 1 atom stereocenters. The fraction of sp³-hybridized carbons (Fsp3) is 0.167. The van der Waals surface area contributed by atoms with Gasteiger partial charge < -0.3 is 15.5 Å². The molecule has 3 N–H and O–H groups in total. The number of phenols is 1. The number of carbonyl (C=O) groups is 2. The molecule has 1 amide bonds. The summed E-state index contributed by atoms with van der Waals surface area (Å²) in [5, 5.41) is 24.2. The number of hydrogen-bond donors (Lipinski definition) is 3. The number of hydrogen-bond acceptors (Lipinski definition) is 6. The van der Waals surface area contributed by atoms with E-state index in [2.05, 4.69) is 14.9 Å². The number of rotatable bonds is 5. The van der Waals surface area contributed by atoms with Crippen LogP contribution in [0.2, 0.25) is 0 Å². The number of aromatic hydroxyl groups is 1. The monoisotopic (exact) mass is 293 g/mol. The second-order valence-electron chi connectivity index (χ2n) is 4.02. The van der Waals surface area contributed by atoms with E-state index in [9.17, 15) is 14.7 Å². The molecule has 8 heteroatoms. The quantitative estimate of drug-likeness (QED) is 0.747. The maximum absolute atomic E-state index is 11.8. The van der Waals surface area contributed by atoms with E-state index in [0.717, 1.165) is 11.5 Å². The van der Waals surface area contributed by atoms with Crippen LogP contribution in [0, 0.1) is 0 Å². The first kappa shape index (κ1) is 13.9. The number of carbonyl (C=O) groups excluding carboxylic acids is 1. The molecule has 1 aromatic heterocycles. The van der Waals surface area contributed by atoms with Crippen molar-refractivity contribution in [3.63, 3.8) is 0 Å². The Kier molecular flexibility index (Phi) is 4.26. The highest BCUT2D eigenvalue weighted by molar-refractivity contribution is 7.07. The molecule has 0 saturated heterocycles. The summed E-state index contributed by atoms with van der Waals surface area (Å²) < 4.78 is 3.54. The number of carboxylic acid groups (broad SMARTS) is 1. The molecule has 0 aliphatic rings. The molecule has 104 valence electrons. The summed E-state index contributed by atoms with van der Waals surface area (Å²) in [4.78, 5) is 23.2. The first-order valence-corrected chi connectivity index (χ1v) is 6.42. The lowest BCUT2D eigenvalue weighted by Gasteiger charge is -2.13. The number of aliphatic carboxylic acids is 1. The maximum Gasteiger partial charge on any atom is 0.326 e. The molecule has 1 aromatic carbocycles. The van der Waals surface area contributed by atoms with E-state index in [1.54, 1.807) is 12.1 Å². The number of benzene rings is 1. The third-order valence-corrected chi connectivity index (χ3v) is 3.23. The van der Waals surface area contributed by atoms with Crippen LogP contribution in [-0.2, 0) is 11.2 Å². The number of aromatic nitrogens is 2. The van der Waals surface area contributed by atoms with Crippen LogP contribution in [0.1, 0.15) is 15.2 Å². The van der Waals surface area contributed by atoms with Crippen molar-refractivity contribution in [3.8, 4) is 5.75 Å². The Hall–Kier alpha value is -2.48. The molecule has 0 spiro atoms. The third-order valence-electron chi connectivity index (χ3n) is 2.56. The SMILES string of the molecule is O=C(N[C@@H](Cc1ccc(O)cc1)C(=O)O)c1cnns1. The van der Waals surface area contributed by atoms with Crippen LogP contribution in [0.5, 0.6) is 5.75 Å². The Bertz CT molecular complexity index is 598. The van der Waals surface area contributed by atoms with Crippen LogP contribution < -0.4 is 5.32 Å². The predicted octanol–water partition coefficient (Wildman–Crippen LogP) is 0.669. The summed E-state index contributed by atoms with van der Waals surface area (Å²) >= 11 is 0.894. The molecule has 2 rings (SSSR count). The van der Waals surface area contributed by atoms with Crippen molar-refractivity contribution in [1.29, 1.82) is 0 Å². The lowest BCUT2D eigenvalue weighted by Crippen LogP contribution is -2.42. The lowest BCUT2D eigenvalue weighted by atomic mass is 10.1. The van der Waals surface area contributed by atoms with Gasteiger partial charge in [-0.2, -0.15) is 0 Å². The summed E-state index contributed by atoms with van der Waals surface area (Å²) in [5.41, 5.74) is 0.693. The van der Waals surface area contributed by atoms with E-state index in [-0.39, 0.29) is 17.0 Å². The molecule has 20 heavy (non-hydrogen) atoms. The van der Waals surface area contributed by atoms with Gasteiger partial charge in [0.25, 0.3) is 5.91 Å². The van der Waals surface area contributed by atoms with Crippen LogP contribution >= 0.6 is 11.5 Å². The lowest BCUT2D eigenvalue weighted by molar-refractivity contribution is -0.139. The van der Waals surface area contributed by atoms with Crippen LogP contribution in [0.15, 0.2) is 30.5 Å². The zero-order valence-corrected chi connectivity index (χ0v) is 11.0. The van der Waals surface area contributed by atoms with Crippen LogP contribution in [0.4, 0.5) is 0 Å². The molecule has 0 aliphatic heterocycles. The highest BCUT2D eigenvalue weighted by atomic mass is 32.1. The Morgan fingerprint density at radius 3 is 2.55 bits per heavy atom. The number of phenolic OH excluding ortho intramolecular Hbond substituents is 1. The van der Waals surface area contributed by atoms with Crippen LogP contribution in [0.3, 0.4) is 0 Å². The average Bonchev–Trinajstić information content (AvgIpc) is 2.94. The van der Waals surface area contributed by atoms with E-state index >= 15 is 0 Å². The normalized spacial score (nSPS) is 11.8. The fourth-order valence-corrected chi connectivity index (χ4v) is 1.98. The standard InChI is InChI=1S/C12H11N3O4S/c16-8-3-1-7(2-4-8)5-9(12(18)19)14-11(17)10-6-13-15-20-10/h1-4,6,9,16H,5H2,(H,14,17)(H,18,19)/t9-/m0/s1.